The van der Waals surface area contributed by atoms with Gasteiger partial charge in [0.05, 0.1) is 34.1 Å². The number of hydrogen-bond acceptors (Lipinski definition) is 8. The van der Waals surface area contributed by atoms with Crippen LogP contribution in [0.25, 0.3) is 0 Å². The van der Waals surface area contributed by atoms with Gasteiger partial charge >= 0.3 is 17.1 Å². The van der Waals surface area contributed by atoms with Crippen LogP contribution >= 0.6 is 0 Å². The summed E-state index contributed by atoms with van der Waals surface area (Å²) >= 11 is 0. The Morgan fingerprint density at radius 2 is 0.596 bits per heavy atom. The molecule has 6 aromatic carbocycles. The Balaban J connectivity index is 0.000000208. The van der Waals surface area contributed by atoms with Gasteiger partial charge in [0.25, 0.3) is 0 Å². The van der Waals surface area contributed by atoms with E-state index in [1.807, 2.05) is 121 Å². The van der Waals surface area contributed by atoms with E-state index in [1.165, 1.54) is 12.1 Å². The minimum absolute atomic E-state index is 0. The SMILES string of the molecule is [Cu+2].[O-]c1ccccc1C=Nc1ccc(N=Nc2ccccc2)cc1.[O-]c1ccccc1C=Nc1ccc(N=Nc2ccccc2)cc1. The predicted molar refractivity (Wildman–Crippen MR) is 180 cm³/mol. The van der Waals surface area contributed by atoms with Gasteiger partial charge in [-0.3, -0.25) is 9.98 Å². The molecule has 8 nitrogen and oxygen atoms in total. The molecule has 6 rings (SSSR count). The Morgan fingerprint density at radius 1 is 0.319 bits per heavy atom. The van der Waals surface area contributed by atoms with Crippen molar-refractivity contribution >= 4 is 46.6 Å². The van der Waals surface area contributed by atoms with E-state index < -0.39 is 0 Å². The third-order valence-corrected chi connectivity index (χ3v) is 6.32. The molecule has 0 spiro atoms. The van der Waals surface area contributed by atoms with Gasteiger partial charge in [-0.25, -0.2) is 0 Å². The quantitative estimate of drug-likeness (QED) is 0.0914. The molecule has 0 aliphatic heterocycles. The van der Waals surface area contributed by atoms with Crippen molar-refractivity contribution in [3.8, 4) is 11.5 Å². The number of nitrogens with zero attached hydrogens (tertiary/aromatic N) is 6. The fraction of sp³-hybridized carbons (Fsp3) is 0. The van der Waals surface area contributed by atoms with Crippen LogP contribution in [0.3, 0.4) is 0 Å². The van der Waals surface area contributed by atoms with Gasteiger partial charge in [0.15, 0.2) is 0 Å². The van der Waals surface area contributed by atoms with Crippen LogP contribution in [0.4, 0.5) is 34.1 Å². The van der Waals surface area contributed by atoms with E-state index in [4.69, 9.17) is 0 Å². The summed E-state index contributed by atoms with van der Waals surface area (Å²) in [6.07, 6.45) is 3.14. The maximum absolute atomic E-state index is 11.6. The van der Waals surface area contributed by atoms with E-state index in [0.717, 1.165) is 34.1 Å². The first kappa shape index (κ1) is 33.9. The molecule has 0 N–H and O–H groups in total. The van der Waals surface area contributed by atoms with Gasteiger partial charge in [0, 0.05) is 12.4 Å². The zero-order chi connectivity index (χ0) is 31.8. The zero-order valence-electron chi connectivity index (χ0n) is 25.0. The van der Waals surface area contributed by atoms with Crippen LogP contribution in [-0.2, 0) is 17.1 Å². The third-order valence-electron chi connectivity index (χ3n) is 6.32. The van der Waals surface area contributed by atoms with Crippen LogP contribution in [0.2, 0.25) is 0 Å². The van der Waals surface area contributed by atoms with E-state index in [-0.39, 0.29) is 28.6 Å². The predicted octanol–water partition coefficient (Wildman–Crippen LogP) is 9.85. The minimum atomic E-state index is -0.0375. The maximum Gasteiger partial charge on any atom is 2.00 e. The molecule has 0 unspecified atom stereocenters. The van der Waals surface area contributed by atoms with Crippen molar-refractivity contribution in [1.82, 2.24) is 0 Å². The van der Waals surface area contributed by atoms with Gasteiger partial charge in [-0.1, -0.05) is 84.9 Å². The first-order valence-electron chi connectivity index (χ1n) is 14.4. The molecular weight excluding hydrogens is 636 g/mol. The van der Waals surface area contributed by atoms with Crippen molar-refractivity contribution in [2.45, 2.75) is 0 Å². The zero-order valence-corrected chi connectivity index (χ0v) is 25.9. The summed E-state index contributed by atoms with van der Waals surface area (Å²) in [4.78, 5) is 8.60. The van der Waals surface area contributed by atoms with Crippen LogP contribution in [0.5, 0.6) is 11.5 Å². The van der Waals surface area contributed by atoms with Crippen LogP contribution < -0.4 is 10.2 Å². The number of benzene rings is 6. The monoisotopic (exact) mass is 663 g/mol. The summed E-state index contributed by atoms with van der Waals surface area (Å²) in [7, 11) is 0. The second-order valence-electron chi connectivity index (χ2n) is 9.70. The molecule has 233 valence electrons. The molecule has 0 atom stereocenters. The molecule has 0 amide bonds. The van der Waals surface area contributed by atoms with Gasteiger partial charge < -0.3 is 10.2 Å². The van der Waals surface area contributed by atoms with Gasteiger partial charge in [-0.2, -0.15) is 20.5 Å². The van der Waals surface area contributed by atoms with Crippen molar-refractivity contribution in [2.24, 2.45) is 30.4 Å². The smallest absolute Gasteiger partial charge is 0.872 e. The van der Waals surface area contributed by atoms with Gasteiger partial charge in [-0.05, 0) is 83.9 Å². The van der Waals surface area contributed by atoms with Crippen molar-refractivity contribution in [3.05, 3.63) is 169 Å². The van der Waals surface area contributed by atoms with Crippen LogP contribution in [-0.4, -0.2) is 12.4 Å². The van der Waals surface area contributed by atoms with Gasteiger partial charge in [0.1, 0.15) is 0 Å². The van der Waals surface area contributed by atoms with E-state index in [0.29, 0.717) is 11.1 Å². The molecule has 0 fully saturated rings. The number of azo groups is 2. The van der Waals surface area contributed by atoms with Crippen molar-refractivity contribution in [1.29, 1.82) is 0 Å². The van der Waals surface area contributed by atoms with Crippen LogP contribution in [0.15, 0.2) is 188 Å². The Kier molecular flexibility index (Phi) is 13.0. The topological polar surface area (TPSA) is 120 Å². The Bertz CT molecular complexity index is 1800. The number of aliphatic imine (C=N–C) groups is 2. The van der Waals surface area contributed by atoms with E-state index >= 15 is 0 Å². The van der Waals surface area contributed by atoms with E-state index in [9.17, 15) is 10.2 Å². The maximum atomic E-state index is 11.6. The minimum Gasteiger partial charge on any atom is -0.872 e. The Hall–Kier alpha value is -6.02. The van der Waals surface area contributed by atoms with Gasteiger partial charge in [-0.15, -0.1) is 11.5 Å². The van der Waals surface area contributed by atoms with Crippen molar-refractivity contribution in [2.75, 3.05) is 0 Å². The second kappa shape index (κ2) is 18.1. The standard InChI is InChI=1S/2C19H15N3O.Cu/c2*23-19-9-5-4-6-15(19)14-20-16-10-12-18(13-11-16)22-21-17-7-2-1-3-8-17;/h2*1-14,23H;/q;;+2/p-2. The van der Waals surface area contributed by atoms with Crippen molar-refractivity contribution in [3.63, 3.8) is 0 Å². The molecule has 0 heterocycles. The molecule has 47 heavy (non-hydrogen) atoms. The average Bonchev–Trinajstić information content (AvgIpc) is 3.11. The second-order valence-corrected chi connectivity index (χ2v) is 9.70. The molecule has 0 aliphatic carbocycles. The number of para-hydroxylation sites is 2. The fourth-order valence-electron chi connectivity index (χ4n) is 3.89. The molecule has 9 heteroatoms. The van der Waals surface area contributed by atoms with Gasteiger partial charge in [0.2, 0.25) is 0 Å². The number of hydrogen-bond donors (Lipinski definition) is 0. The summed E-state index contributed by atoms with van der Waals surface area (Å²) in [5.41, 5.74) is 5.76. The average molecular weight is 664 g/mol. The van der Waals surface area contributed by atoms with E-state index in [1.54, 1.807) is 36.7 Å². The van der Waals surface area contributed by atoms with Crippen LogP contribution in [0.1, 0.15) is 11.1 Å². The first-order valence-corrected chi connectivity index (χ1v) is 14.4. The largest absolute Gasteiger partial charge is 2.00 e. The molecular formula is C38H28CuN6O2. The third kappa shape index (κ3) is 11.1. The Labute approximate surface area is 283 Å². The summed E-state index contributed by atoms with van der Waals surface area (Å²) in [5.74, 6) is -0.0749. The summed E-state index contributed by atoms with van der Waals surface area (Å²) in [5, 5.41) is 39.9. The van der Waals surface area contributed by atoms with Crippen LogP contribution in [0, 0.1) is 0 Å². The van der Waals surface area contributed by atoms with Crippen molar-refractivity contribution < 1.29 is 27.3 Å². The molecule has 1 radical (unpaired) electrons. The van der Waals surface area contributed by atoms with E-state index in [2.05, 4.69) is 30.4 Å². The fourth-order valence-corrected chi connectivity index (χ4v) is 3.89. The summed E-state index contributed by atoms with van der Waals surface area (Å²) in [6, 6.07) is 47.4. The Morgan fingerprint density at radius 3 is 0.936 bits per heavy atom. The molecule has 0 saturated heterocycles. The molecule has 0 saturated carbocycles. The molecule has 0 aromatic heterocycles. The molecule has 6 aromatic rings. The first-order chi connectivity index (χ1) is 22.6. The molecule has 0 bridgehead atoms. The number of rotatable bonds is 8. The molecule has 0 aliphatic rings. The summed E-state index contributed by atoms with van der Waals surface area (Å²) in [6.45, 7) is 0. The normalized spacial score (nSPS) is 11.1. The summed E-state index contributed by atoms with van der Waals surface area (Å²) < 4.78 is 0.